The standard InChI is InChI=1S/C16H14N2O2/c1-20-15-7-3-6-14(18-15)16(19)12-5-2-4-11-8-9-17-10-13(11)12/h2-10,16,19H,1H3. The fraction of sp³-hybridized carbons (Fsp3) is 0.125. The Hall–Kier alpha value is -2.46. The van der Waals surface area contributed by atoms with E-state index in [2.05, 4.69) is 9.97 Å². The molecule has 0 bridgehead atoms. The summed E-state index contributed by atoms with van der Waals surface area (Å²) in [7, 11) is 1.56. The maximum absolute atomic E-state index is 10.6. The highest BCUT2D eigenvalue weighted by atomic mass is 16.5. The highest BCUT2D eigenvalue weighted by molar-refractivity contribution is 5.85. The van der Waals surface area contributed by atoms with Crippen molar-refractivity contribution in [3.8, 4) is 5.88 Å². The third-order valence-corrected chi connectivity index (χ3v) is 3.25. The van der Waals surface area contributed by atoms with Crippen LogP contribution in [0.2, 0.25) is 0 Å². The summed E-state index contributed by atoms with van der Waals surface area (Å²) in [5.74, 6) is 0.486. The van der Waals surface area contributed by atoms with Gasteiger partial charge in [0, 0.05) is 23.8 Å². The predicted octanol–water partition coefficient (Wildman–Crippen LogP) is 2.72. The van der Waals surface area contributed by atoms with Gasteiger partial charge in [0.15, 0.2) is 0 Å². The molecule has 0 aliphatic heterocycles. The SMILES string of the molecule is COc1cccc(C(O)c2cccc3ccncc23)n1. The van der Waals surface area contributed by atoms with Crippen LogP contribution in [0.15, 0.2) is 54.9 Å². The Balaban J connectivity index is 2.10. The molecule has 2 aromatic heterocycles. The van der Waals surface area contributed by atoms with E-state index in [1.54, 1.807) is 31.6 Å². The van der Waals surface area contributed by atoms with Crippen LogP contribution in [0.5, 0.6) is 5.88 Å². The van der Waals surface area contributed by atoms with E-state index in [0.29, 0.717) is 11.6 Å². The number of hydrogen-bond donors (Lipinski definition) is 1. The summed E-state index contributed by atoms with van der Waals surface area (Å²) in [5.41, 5.74) is 1.34. The van der Waals surface area contributed by atoms with E-state index in [4.69, 9.17) is 4.74 Å². The quantitative estimate of drug-likeness (QED) is 0.792. The second-order valence-electron chi connectivity index (χ2n) is 4.45. The number of pyridine rings is 2. The van der Waals surface area contributed by atoms with Crippen LogP contribution in [0.1, 0.15) is 17.4 Å². The molecule has 0 radical (unpaired) electrons. The van der Waals surface area contributed by atoms with Gasteiger partial charge in [0.25, 0.3) is 0 Å². The summed E-state index contributed by atoms with van der Waals surface area (Å²) in [4.78, 5) is 8.41. The molecule has 0 saturated heterocycles. The molecule has 20 heavy (non-hydrogen) atoms. The first kappa shape index (κ1) is 12.6. The summed E-state index contributed by atoms with van der Waals surface area (Å²) >= 11 is 0. The van der Waals surface area contributed by atoms with Crippen molar-refractivity contribution in [3.05, 3.63) is 66.1 Å². The van der Waals surface area contributed by atoms with Crippen molar-refractivity contribution in [3.63, 3.8) is 0 Å². The van der Waals surface area contributed by atoms with Gasteiger partial charge < -0.3 is 9.84 Å². The average Bonchev–Trinajstić information content (AvgIpc) is 2.53. The van der Waals surface area contributed by atoms with Gasteiger partial charge in [-0.1, -0.05) is 24.3 Å². The fourth-order valence-corrected chi connectivity index (χ4v) is 2.23. The zero-order chi connectivity index (χ0) is 13.9. The van der Waals surface area contributed by atoms with Crippen molar-refractivity contribution in [1.82, 2.24) is 9.97 Å². The molecule has 1 unspecified atom stereocenters. The van der Waals surface area contributed by atoms with E-state index >= 15 is 0 Å². The molecule has 0 amide bonds. The van der Waals surface area contributed by atoms with Gasteiger partial charge >= 0.3 is 0 Å². The molecule has 4 heteroatoms. The van der Waals surface area contributed by atoms with Crippen LogP contribution >= 0.6 is 0 Å². The molecule has 2 heterocycles. The molecule has 0 aliphatic rings. The fourth-order valence-electron chi connectivity index (χ4n) is 2.23. The number of hydrogen-bond acceptors (Lipinski definition) is 4. The first-order valence-corrected chi connectivity index (χ1v) is 6.31. The molecule has 4 nitrogen and oxygen atoms in total. The minimum Gasteiger partial charge on any atom is -0.481 e. The van der Waals surface area contributed by atoms with E-state index in [1.165, 1.54) is 0 Å². The zero-order valence-electron chi connectivity index (χ0n) is 11.0. The smallest absolute Gasteiger partial charge is 0.213 e. The van der Waals surface area contributed by atoms with Crippen molar-refractivity contribution in [1.29, 1.82) is 0 Å². The molecule has 0 fully saturated rings. The largest absolute Gasteiger partial charge is 0.481 e. The van der Waals surface area contributed by atoms with Crippen molar-refractivity contribution in [2.24, 2.45) is 0 Å². The Morgan fingerprint density at radius 1 is 1.10 bits per heavy atom. The maximum Gasteiger partial charge on any atom is 0.213 e. The Bertz CT molecular complexity index is 738. The minimum atomic E-state index is -0.807. The Morgan fingerprint density at radius 2 is 1.95 bits per heavy atom. The molecule has 1 N–H and O–H groups in total. The van der Waals surface area contributed by atoms with Crippen molar-refractivity contribution in [2.75, 3.05) is 7.11 Å². The van der Waals surface area contributed by atoms with E-state index in [9.17, 15) is 5.11 Å². The summed E-state index contributed by atoms with van der Waals surface area (Å²) < 4.78 is 5.09. The van der Waals surface area contributed by atoms with Gasteiger partial charge in [0.1, 0.15) is 6.10 Å². The number of aliphatic hydroxyl groups excluding tert-OH is 1. The van der Waals surface area contributed by atoms with Crippen LogP contribution in [0.3, 0.4) is 0 Å². The lowest BCUT2D eigenvalue weighted by Gasteiger charge is -2.13. The monoisotopic (exact) mass is 266 g/mol. The topological polar surface area (TPSA) is 55.2 Å². The number of aliphatic hydroxyl groups is 1. The van der Waals surface area contributed by atoms with Gasteiger partial charge in [-0.25, -0.2) is 4.98 Å². The number of nitrogens with zero attached hydrogens (tertiary/aromatic N) is 2. The average molecular weight is 266 g/mol. The van der Waals surface area contributed by atoms with Crippen molar-refractivity contribution < 1.29 is 9.84 Å². The number of methoxy groups -OCH3 is 1. The van der Waals surface area contributed by atoms with Gasteiger partial charge in [0.05, 0.1) is 12.8 Å². The Kier molecular flexibility index (Phi) is 3.31. The van der Waals surface area contributed by atoms with E-state index in [-0.39, 0.29) is 0 Å². The molecule has 1 aromatic carbocycles. The van der Waals surface area contributed by atoms with E-state index < -0.39 is 6.10 Å². The zero-order valence-corrected chi connectivity index (χ0v) is 11.0. The third-order valence-electron chi connectivity index (χ3n) is 3.25. The summed E-state index contributed by atoms with van der Waals surface area (Å²) in [6.45, 7) is 0. The number of ether oxygens (including phenoxy) is 1. The molecule has 0 spiro atoms. The van der Waals surface area contributed by atoms with Gasteiger partial charge in [-0.05, 0) is 23.1 Å². The summed E-state index contributed by atoms with van der Waals surface area (Å²) in [6, 6.07) is 13.1. The molecular weight excluding hydrogens is 252 g/mol. The molecule has 0 saturated carbocycles. The second-order valence-corrected chi connectivity index (χ2v) is 4.45. The van der Waals surface area contributed by atoms with Gasteiger partial charge in [-0.2, -0.15) is 0 Å². The van der Waals surface area contributed by atoms with Crippen LogP contribution in [-0.4, -0.2) is 22.2 Å². The van der Waals surface area contributed by atoms with Gasteiger partial charge in [0.2, 0.25) is 5.88 Å². The van der Waals surface area contributed by atoms with Gasteiger partial charge in [-0.15, -0.1) is 0 Å². The third kappa shape index (κ3) is 2.21. The highest BCUT2D eigenvalue weighted by Gasteiger charge is 2.15. The Labute approximate surface area is 116 Å². The first-order chi connectivity index (χ1) is 9.79. The molecular formula is C16H14N2O2. The van der Waals surface area contributed by atoms with Crippen LogP contribution in [0, 0.1) is 0 Å². The van der Waals surface area contributed by atoms with Crippen LogP contribution < -0.4 is 4.74 Å². The maximum atomic E-state index is 10.6. The van der Waals surface area contributed by atoms with E-state index in [1.807, 2.05) is 30.3 Å². The first-order valence-electron chi connectivity index (χ1n) is 6.31. The molecule has 0 aliphatic carbocycles. The summed E-state index contributed by atoms with van der Waals surface area (Å²) in [5, 5.41) is 12.5. The van der Waals surface area contributed by atoms with Crippen LogP contribution in [0.25, 0.3) is 10.8 Å². The normalized spacial score (nSPS) is 12.3. The summed E-state index contributed by atoms with van der Waals surface area (Å²) in [6.07, 6.45) is 2.69. The van der Waals surface area contributed by atoms with Crippen LogP contribution in [-0.2, 0) is 0 Å². The number of benzene rings is 1. The number of fused-ring (bicyclic) bond motifs is 1. The van der Waals surface area contributed by atoms with Gasteiger partial charge in [-0.3, -0.25) is 4.98 Å². The van der Waals surface area contributed by atoms with E-state index in [0.717, 1.165) is 16.3 Å². The minimum absolute atomic E-state index is 0.486. The lowest BCUT2D eigenvalue weighted by atomic mass is 10.00. The number of aromatic nitrogens is 2. The second kappa shape index (κ2) is 5.27. The molecule has 1 atom stereocenters. The lowest BCUT2D eigenvalue weighted by molar-refractivity contribution is 0.215. The Morgan fingerprint density at radius 3 is 2.80 bits per heavy atom. The molecule has 3 rings (SSSR count). The molecule has 3 aromatic rings. The van der Waals surface area contributed by atoms with Crippen LogP contribution in [0.4, 0.5) is 0 Å². The lowest BCUT2D eigenvalue weighted by Crippen LogP contribution is -2.04. The highest BCUT2D eigenvalue weighted by Crippen LogP contribution is 2.28. The predicted molar refractivity (Wildman–Crippen MR) is 76.6 cm³/mol. The van der Waals surface area contributed by atoms with Crippen molar-refractivity contribution in [2.45, 2.75) is 6.10 Å². The number of rotatable bonds is 3. The van der Waals surface area contributed by atoms with Crippen molar-refractivity contribution >= 4 is 10.8 Å². The molecule has 100 valence electrons.